The van der Waals surface area contributed by atoms with Gasteiger partial charge in [-0.1, -0.05) is 0 Å². The number of aromatic nitrogens is 4. The highest BCUT2D eigenvalue weighted by Crippen LogP contribution is 2.09. The van der Waals surface area contributed by atoms with Crippen LogP contribution < -0.4 is 5.32 Å². The third-order valence-corrected chi connectivity index (χ3v) is 3.20. The molecule has 1 N–H and O–H groups in total. The van der Waals surface area contributed by atoms with Crippen LogP contribution in [0.5, 0.6) is 0 Å². The smallest absolute Gasteiger partial charge is 0.0832 e. The van der Waals surface area contributed by atoms with E-state index < -0.39 is 0 Å². The SMILES string of the molecule is CCn1nc(C)cc1Cn1nccc1CNC(C)(C)C. The molecule has 0 fully saturated rings. The van der Waals surface area contributed by atoms with E-state index >= 15 is 0 Å². The fraction of sp³-hybridized carbons (Fsp3) is 0.600. The molecule has 20 heavy (non-hydrogen) atoms. The summed E-state index contributed by atoms with van der Waals surface area (Å²) in [4.78, 5) is 0. The van der Waals surface area contributed by atoms with Gasteiger partial charge < -0.3 is 5.32 Å². The van der Waals surface area contributed by atoms with Crippen LogP contribution in [0.1, 0.15) is 44.8 Å². The van der Waals surface area contributed by atoms with Gasteiger partial charge in [-0.05, 0) is 46.8 Å². The van der Waals surface area contributed by atoms with Crippen molar-refractivity contribution in [3.8, 4) is 0 Å². The van der Waals surface area contributed by atoms with E-state index in [1.165, 1.54) is 11.4 Å². The van der Waals surface area contributed by atoms with E-state index in [1.807, 2.05) is 22.5 Å². The van der Waals surface area contributed by atoms with Crippen LogP contribution in [0, 0.1) is 6.92 Å². The molecule has 110 valence electrons. The molecule has 0 saturated carbocycles. The zero-order chi connectivity index (χ0) is 14.8. The predicted molar refractivity (Wildman–Crippen MR) is 80.6 cm³/mol. The van der Waals surface area contributed by atoms with Crippen molar-refractivity contribution in [2.24, 2.45) is 0 Å². The molecule has 0 aliphatic heterocycles. The van der Waals surface area contributed by atoms with Crippen molar-refractivity contribution in [3.05, 3.63) is 35.4 Å². The summed E-state index contributed by atoms with van der Waals surface area (Å²) in [6.45, 7) is 13.1. The number of rotatable bonds is 5. The van der Waals surface area contributed by atoms with Gasteiger partial charge in [0.05, 0.1) is 23.6 Å². The van der Waals surface area contributed by atoms with E-state index in [1.54, 1.807) is 0 Å². The maximum Gasteiger partial charge on any atom is 0.0832 e. The summed E-state index contributed by atoms with van der Waals surface area (Å²) in [5.41, 5.74) is 3.56. The van der Waals surface area contributed by atoms with Crippen molar-refractivity contribution in [1.82, 2.24) is 24.9 Å². The zero-order valence-corrected chi connectivity index (χ0v) is 13.1. The Balaban J connectivity index is 2.12. The largest absolute Gasteiger partial charge is 0.306 e. The Morgan fingerprint density at radius 1 is 1.20 bits per heavy atom. The fourth-order valence-electron chi connectivity index (χ4n) is 2.16. The molecule has 0 atom stereocenters. The van der Waals surface area contributed by atoms with Gasteiger partial charge >= 0.3 is 0 Å². The van der Waals surface area contributed by atoms with Crippen LogP contribution in [0.2, 0.25) is 0 Å². The van der Waals surface area contributed by atoms with Crippen molar-refractivity contribution in [3.63, 3.8) is 0 Å². The third-order valence-electron chi connectivity index (χ3n) is 3.20. The number of hydrogen-bond acceptors (Lipinski definition) is 3. The highest BCUT2D eigenvalue weighted by atomic mass is 15.3. The van der Waals surface area contributed by atoms with E-state index in [0.717, 1.165) is 25.3 Å². The molecule has 0 amide bonds. The van der Waals surface area contributed by atoms with Gasteiger partial charge in [0.2, 0.25) is 0 Å². The number of aryl methyl sites for hydroxylation is 2. The summed E-state index contributed by atoms with van der Waals surface area (Å²) in [6.07, 6.45) is 1.86. The zero-order valence-electron chi connectivity index (χ0n) is 13.1. The van der Waals surface area contributed by atoms with Gasteiger partial charge in [-0.2, -0.15) is 10.2 Å². The Kier molecular flexibility index (Phi) is 4.28. The van der Waals surface area contributed by atoms with Crippen LogP contribution in [0.15, 0.2) is 18.3 Å². The van der Waals surface area contributed by atoms with Crippen LogP contribution in [-0.2, 0) is 19.6 Å². The van der Waals surface area contributed by atoms with E-state index in [2.05, 4.69) is 55.3 Å². The van der Waals surface area contributed by atoms with Gasteiger partial charge in [0.1, 0.15) is 0 Å². The lowest BCUT2D eigenvalue weighted by Gasteiger charge is -2.20. The second kappa shape index (κ2) is 5.79. The predicted octanol–water partition coefficient (Wildman–Crippen LogP) is 2.34. The average Bonchev–Trinajstić information content (AvgIpc) is 2.93. The van der Waals surface area contributed by atoms with E-state index in [-0.39, 0.29) is 5.54 Å². The minimum atomic E-state index is 0.108. The molecule has 0 aliphatic rings. The Labute approximate surface area is 121 Å². The van der Waals surface area contributed by atoms with Gasteiger partial charge in [0.15, 0.2) is 0 Å². The molecule has 0 saturated heterocycles. The van der Waals surface area contributed by atoms with Crippen LogP contribution in [0.25, 0.3) is 0 Å². The molecule has 2 heterocycles. The first-order chi connectivity index (χ1) is 9.39. The lowest BCUT2D eigenvalue weighted by molar-refractivity contribution is 0.412. The van der Waals surface area contributed by atoms with Gasteiger partial charge in [-0.25, -0.2) is 0 Å². The molecule has 5 heteroatoms. The molecule has 5 nitrogen and oxygen atoms in total. The quantitative estimate of drug-likeness (QED) is 0.911. The number of hydrogen-bond donors (Lipinski definition) is 1. The Bertz CT molecular complexity index is 559. The molecular formula is C15H25N5. The van der Waals surface area contributed by atoms with Gasteiger partial charge in [0, 0.05) is 24.8 Å². The summed E-state index contributed by atoms with van der Waals surface area (Å²) in [6, 6.07) is 4.20. The van der Waals surface area contributed by atoms with Gasteiger partial charge in [0.25, 0.3) is 0 Å². The van der Waals surface area contributed by atoms with Crippen molar-refractivity contribution in [2.75, 3.05) is 0 Å². The molecule has 0 aliphatic carbocycles. The van der Waals surface area contributed by atoms with Gasteiger partial charge in [-0.3, -0.25) is 9.36 Å². The maximum absolute atomic E-state index is 4.48. The average molecular weight is 275 g/mol. The summed E-state index contributed by atoms with van der Waals surface area (Å²) in [5.74, 6) is 0. The monoisotopic (exact) mass is 275 g/mol. The fourth-order valence-corrected chi connectivity index (χ4v) is 2.16. The molecular weight excluding hydrogens is 250 g/mol. The molecule has 2 aromatic rings. The first-order valence-electron chi connectivity index (χ1n) is 7.18. The van der Waals surface area contributed by atoms with Crippen molar-refractivity contribution < 1.29 is 0 Å². The minimum absolute atomic E-state index is 0.108. The normalized spacial score (nSPS) is 12.1. The van der Waals surface area contributed by atoms with E-state index in [4.69, 9.17) is 0 Å². The molecule has 2 rings (SSSR count). The summed E-state index contributed by atoms with van der Waals surface area (Å²) in [5, 5.41) is 12.4. The Hall–Kier alpha value is -1.62. The standard InChI is InChI=1S/C15H25N5/c1-6-19-14(9-12(2)18-19)11-20-13(7-8-17-20)10-16-15(3,4)5/h7-9,16H,6,10-11H2,1-5H3. The lowest BCUT2D eigenvalue weighted by Crippen LogP contribution is -2.35. The van der Waals surface area contributed by atoms with Crippen LogP contribution in [0.3, 0.4) is 0 Å². The number of nitrogens with zero attached hydrogens (tertiary/aromatic N) is 4. The summed E-state index contributed by atoms with van der Waals surface area (Å²) < 4.78 is 4.08. The van der Waals surface area contributed by atoms with Crippen LogP contribution >= 0.6 is 0 Å². The first-order valence-corrected chi connectivity index (χ1v) is 7.18. The second-order valence-electron chi connectivity index (χ2n) is 6.18. The lowest BCUT2D eigenvalue weighted by atomic mass is 10.1. The molecule has 2 aromatic heterocycles. The molecule has 0 unspecified atom stereocenters. The first kappa shape index (κ1) is 14.8. The molecule has 0 radical (unpaired) electrons. The van der Waals surface area contributed by atoms with Crippen molar-refractivity contribution in [1.29, 1.82) is 0 Å². The summed E-state index contributed by atoms with van der Waals surface area (Å²) >= 11 is 0. The number of nitrogens with one attached hydrogen (secondary N) is 1. The minimum Gasteiger partial charge on any atom is -0.306 e. The van der Waals surface area contributed by atoms with E-state index in [9.17, 15) is 0 Å². The highest BCUT2D eigenvalue weighted by Gasteiger charge is 2.12. The summed E-state index contributed by atoms with van der Waals surface area (Å²) in [7, 11) is 0. The third kappa shape index (κ3) is 3.70. The van der Waals surface area contributed by atoms with Crippen molar-refractivity contribution in [2.45, 2.75) is 59.8 Å². The molecule has 0 bridgehead atoms. The van der Waals surface area contributed by atoms with Crippen LogP contribution in [-0.4, -0.2) is 25.1 Å². The maximum atomic E-state index is 4.48. The highest BCUT2D eigenvalue weighted by molar-refractivity contribution is 5.11. The second-order valence-corrected chi connectivity index (χ2v) is 6.18. The van der Waals surface area contributed by atoms with Crippen molar-refractivity contribution >= 4 is 0 Å². The Morgan fingerprint density at radius 2 is 1.95 bits per heavy atom. The Morgan fingerprint density at radius 3 is 2.60 bits per heavy atom. The topological polar surface area (TPSA) is 47.7 Å². The van der Waals surface area contributed by atoms with E-state index in [0.29, 0.717) is 0 Å². The van der Waals surface area contributed by atoms with Crippen LogP contribution in [0.4, 0.5) is 0 Å². The molecule has 0 spiro atoms. The molecule has 0 aromatic carbocycles. The van der Waals surface area contributed by atoms with Gasteiger partial charge in [-0.15, -0.1) is 0 Å².